The zero-order valence-electron chi connectivity index (χ0n) is 9.25. The molecule has 90 valence electrons. The maximum Gasteiger partial charge on any atom is 0.357 e. The van der Waals surface area contributed by atoms with Gasteiger partial charge in [0.25, 0.3) is 0 Å². The fourth-order valence-corrected chi connectivity index (χ4v) is 2.93. The maximum atomic E-state index is 11.5. The van der Waals surface area contributed by atoms with Crippen molar-refractivity contribution < 1.29 is 9.53 Å². The molecule has 0 saturated heterocycles. The Labute approximate surface area is 107 Å². The molecule has 1 atom stereocenters. The first-order valence-corrected chi connectivity index (χ1v) is 6.89. The van der Waals surface area contributed by atoms with Crippen LogP contribution in [0.4, 0.5) is 0 Å². The summed E-state index contributed by atoms with van der Waals surface area (Å²) in [6.07, 6.45) is 0. The van der Waals surface area contributed by atoms with E-state index in [1.54, 1.807) is 23.6 Å². The van der Waals surface area contributed by atoms with E-state index in [9.17, 15) is 4.79 Å². The number of nitrogens with two attached hydrogens (primary N) is 1. The Kier molecular flexibility index (Phi) is 3.88. The van der Waals surface area contributed by atoms with Gasteiger partial charge < -0.3 is 10.5 Å². The van der Waals surface area contributed by atoms with Gasteiger partial charge in [-0.25, -0.2) is 9.78 Å². The molecule has 0 spiro atoms. The summed E-state index contributed by atoms with van der Waals surface area (Å²) in [5.74, 6) is -0.395. The maximum absolute atomic E-state index is 11.5. The first-order chi connectivity index (χ1) is 8.22. The van der Waals surface area contributed by atoms with Gasteiger partial charge in [0.2, 0.25) is 0 Å². The van der Waals surface area contributed by atoms with Gasteiger partial charge in [-0.2, -0.15) is 0 Å². The van der Waals surface area contributed by atoms with Gasteiger partial charge in [-0.15, -0.1) is 22.7 Å². The van der Waals surface area contributed by atoms with Crippen LogP contribution in [0.15, 0.2) is 22.9 Å². The van der Waals surface area contributed by atoms with Crippen molar-refractivity contribution in [3.63, 3.8) is 0 Å². The molecule has 2 heterocycles. The van der Waals surface area contributed by atoms with Gasteiger partial charge in [0.05, 0.1) is 12.6 Å². The van der Waals surface area contributed by atoms with Gasteiger partial charge >= 0.3 is 5.97 Å². The van der Waals surface area contributed by atoms with E-state index in [1.807, 2.05) is 17.5 Å². The van der Waals surface area contributed by atoms with Crippen molar-refractivity contribution in [2.24, 2.45) is 5.73 Å². The van der Waals surface area contributed by atoms with E-state index in [0.717, 1.165) is 9.88 Å². The summed E-state index contributed by atoms with van der Waals surface area (Å²) in [7, 11) is 0. The minimum Gasteiger partial charge on any atom is -0.461 e. The van der Waals surface area contributed by atoms with Crippen molar-refractivity contribution in [3.05, 3.63) is 38.5 Å². The summed E-state index contributed by atoms with van der Waals surface area (Å²) in [6.45, 7) is 2.12. The topological polar surface area (TPSA) is 65.2 Å². The fourth-order valence-electron chi connectivity index (χ4n) is 1.32. The molecule has 4 nitrogen and oxygen atoms in total. The number of rotatable bonds is 4. The van der Waals surface area contributed by atoms with Crippen LogP contribution in [-0.4, -0.2) is 17.6 Å². The molecule has 17 heavy (non-hydrogen) atoms. The van der Waals surface area contributed by atoms with Crippen LogP contribution in [-0.2, 0) is 4.74 Å². The minimum atomic E-state index is -0.395. The molecule has 0 aliphatic rings. The largest absolute Gasteiger partial charge is 0.461 e. The van der Waals surface area contributed by atoms with Gasteiger partial charge in [-0.3, -0.25) is 0 Å². The summed E-state index contributed by atoms with van der Waals surface area (Å²) in [6, 6.07) is 3.64. The lowest BCUT2D eigenvalue weighted by Crippen LogP contribution is -2.11. The summed E-state index contributed by atoms with van der Waals surface area (Å²) in [4.78, 5) is 16.7. The summed E-state index contributed by atoms with van der Waals surface area (Å²) in [5, 5.41) is 4.38. The highest BCUT2D eigenvalue weighted by Gasteiger charge is 2.17. The zero-order valence-corrected chi connectivity index (χ0v) is 10.9. The number of esters is 1. The monoisotopic (exact) mass is 268 g/mol. The van der Waals surface area contributed by atoms with Crippen molar-refractivity contribution in [1.29, 1.82) is 0 Å². The number of carbonyl (C=O) groups is 1. The number of carbonyl (C=O) groups excluding carboxylic acids is 1. The van der Waals surface area contributed by atoms with Gasteiger partial charge in [0, 0.05) is 10.3 Å². The molecule has 2 N–H and O–H groups in total. The molecule has 0 bridgehead atoms. The molecular formula is C11H12N2O2S2. The third-order valence-corrected chi connectivity index (χ3v) is 4.01. The molecule has 2 aromatic rings. The third-order valence-electron chi connectivity index (χ3n) is 2.12. The first-order valence-electron chi connectivity index (χ1n) is 5.14. The SMILES string of the molecule is CCOC(=O)c1csc(C(N)c2cccs2)n1. The Morgan fingerprint density at radius 1 is 1.59 bits per heavy atom. The van der Waals surface area contributed by atoms with Crippen LogP contribution in [0.3, 0.4) is 0 Å². The third kappa shape index (κ3) is 2.71. The predicted octanol–water partition coefficient (Wildman–Crippen LogP) is 2.43. The average Bonchev–Trinajstić information content (AvgIpc) is 3.00. The van der Waals surface area contributed by atoms with E-state index in [0.29, 0.717) is 12.3 Å². The second kappa shape index (κ2) is 5.39. The minimum absolute atomic E-state index is 0.261. The van der Waals surface area contributed by atoms with Crippen LogP contribution in [0.5, 0.6) is 0 Å². The lowest BCUT2D eigenvalue weighted by atomic mass is 10.3. The lowest BCUT2D eigenvalue weighted by molar-refractivity contribution is 0.0520. The van der Waals surface area contributed by atoms with Gasteiger partial charge in [-0.05, 0) is 18.4 Å². The number of hydrogen-bond acceptors (Lipinski definition) is 6. The van der Waals surface area contributed by atoms with E-state index in [1.165, 1.54) is 11.3 Å². The van der Waals surface area contributed by atoms with Crippen LogP contribution in [0.2, 0.25) is 0 Å². The molecule has 0 aliphatic carbocycles. The number of nitrogens with zero attached hydrogens (tertiary/aromatic N) is 1. The van der Waals surface area contributed by atoms with Crippen molar-refractivity contribution in [2.45, 2.75) is 13.0 Å². The van der Waals surface area contributed by atoms with E-state index in [2.05, 4.69) is 4.98 Å². The number of hydrogen-bond donors (Lipinski definition) is 1. The van der Waals surface area contributed by atoms with Crippen LogP contribution in [0.25, 0.3) is 0 Å². The molecule has 0 saturated carbocycles. The van der Waals surface area contributed by atoms with Crippen molar-refractivity contribution in [1.82, 2.24) is 4.98 Å². The molecule has 2 rings (SSSR count). The number of thiazole rings is 1. The highest BCUT2D eigenvalue weighted by Crippen LogP contribution is 2.26. The van der Waals surface area contributed by atoms with Crippen molar-refractivity contribution >= 4 is 28.6 Å². The molecule has 2 aromatic heterocycles. The summed E-state index contributed by atoms with van der Waals surface area (Å²) >= 11 is 2.96. The number of ether oxygens (including phenoxy) is 1. The number of thiophene rings is 1. The van der Waals surface area contributed by atoms with E-state index < -0.39 is 5.97 Å². The standard InChI is InChI=1S/C11H12N2O2S2/c1-2-15-11(14)7-6-17-10(13-7)9(12)8-4-3-5-16-8/h3-6,9H,2,12H2,1H3. The van der Waals surface area contributed by atoms with Crippen LogP contribution in [0, 0.1) is 0 Å². The molecule has 0 aliphatic heterocycles. The molecule has 0 radical (unpaired) electrons. The quantitative estimate of drug-likeness (QED) is 0.865. The van der Waals surface area contributed by atoms with Crippen LogP contribution in [0.1, 0.15) is 33.3 Å². The fraction of sp³-hybridized carbons (Fsp3) is 0.273. The molecule has 0 fully saturated rings. The Balaban J connectivity index is 2.15. The summed E-state index contributed by atoms with van der Waals surface area (Å²) in [5.41, 5.74) is 6.39. The highest BCUT2D eigenvalue weighted by atomic mass is 32.1. The van der Waals surface area contributed by atoms with Gasteiger partial charge in [-0.1, -0.05) is 6.07 Å². The Morgan fingerprint density at radius 2 is 2.41 bits per heavy atom. The van der Waals surface area contributed by atoms with Gasteiger partial charge in [0.15, 0.2) is 5.69 Å². The smallest absolute Gasteiger partial charge is 0.357 e. The molecule has 6 heteroatoms. The van der Waals surface area contributed by atoms with Crippen molar-refractivity contribution in [2.75, 3.05) is 6.61 Å². The second-order valence-corrected chi connectivity index (χ2v) is 5.15. The molecule has 0 amide bonds. The lowest BCUT2D eigenvalue weighted by Gasteiger charge is -2.04. The first kappa shape index (κ1) is 12.2. The predicted molar refractivity (Wildman–Crippen MR) is 68.4 cm³/mol. The Bertz CT molecular complexity index is 493. The number of aromatic nitrogens is 1. The van der Waals surface area contributed by atoms with Crippen LogP contribution >= 0.6 is 22.7 Å². The van der Waals surface area contributed by atoms with Crippen molar-refractivity contribution in [3.8, 4) is 0 Å². The summed E-state index contributed by atoms with van der Waals surface area (Å²) < 4.78 is 4.88. The van der Waals surface area contributed by atoms with E-state index >= 15 is 0 Å². The average molecular weight is 268 g/mol. The molecule has 0 aromatic carbocycles. The highest BCUT2D eigenvalue weighted by molar-refractivity contribution is 7.11. The zero-order chi connectivity index (χ0) is 12.3. The Hall–Kier alpha value is -1.24. The van der Waals surface area contributed by atoms with Crippen LogP contribution < -0.4 is 5.73 Å². The van der Waals surface area contributed by atoms with E-state index in [-0.39, 0.29) is 6.04 Å². The Morgan fingerprint density at radius 3 is 3.06 bits per heavy atom. The molecular weight excluding hydrogens is 256 g/mol. The molecule has 1 unspecified atom stereocenters. The van der Waals surface area contributed by atoms with Gasteiger partial charge in [0.1, 0.15) is 5.01 Å². The second-order valence-electron chi connectivity index (χ2n) is 3.28. The normalized spacial score (nSPS) is 12.4. The van der Waals surface area contributed by atoms with E-state index in [4.69, 9.17) is 10.5 Å².